The van der Waals surface area contributed by atoms with Crippen molar-refractivity contribution in [1.82, 2.24) is 5.32 Å². The van der Waals surface area contributed by atoms with Crippen molar-refractivity contribution in [3.63, 3.8) is 0 Å². The van der Waals surface area contributed by atoms with Crippen molar-refractivity contribution in [2.75, 3.05) is 6.54 Å². The Morgan fingerprint density at radius 1 is 1.14 bits per heavy atom. The molecule has 1 unspecified atom stereocenters. The second-order valence-corrected chi connectivity index (χ2v) is 5.65. The summed E-state index contributed by atoms with van der Waals surface area (Å²) >= 11 is 0. The Labute approximate surface area is 131 Å². The van der Waals surface area contributed by atoms with Crippen LogP contribution in [0.1, 0.15) is 44.7 Å². The van der Waals surface area contributed by atoms with Crippen molar-refractivity contribution in [3.8, 4) is 11.5 Å². The Morgan fingerprint density at radius 2 is 1.73 bits per heavy atom. The Bertz CT molecular complexity index is 568. The van der Waals surface area contributed by atoms with Gasteiger partial charge in [0.2, 0.25) is 0 Å². The summed E-state index contributed by atoms with van der Waals surface area (Å²) in [5, 5.41) is 3.53. The second-order valence-electron chi connectivity index (χ2n) is 5.65. The van der Waals surface area contributed by atoms with Crippen LogP contribution in [0.5, 0.6) is 11.5 Å². The van der Waals surface area contributed by atoms with Gasteiger partial charge in [0.15, 0.2) is 11.5 Å². The number of benzene rings is 1. The molecule has 0 heterocycles. The number of esters is 2. The molecule has 1 N–H and O–H groups in total. The molecule has 1 aliphatic rings. The second kappa shape index (κ2) is 7.40. The molecule has 1 atom stereocenters. The predicted octanol–water partition coefficient (Wildman–Crippen LogP) is 2.39. The fraction of sp³-hybridized carbons (Fsp3) is 0.529. The molecule has 5 nitrogen and oxygen atoms in total. The molecule has 0 saturated heterocycles. The van der Waals surface area contributed by atoms with Crippen LogP contribution in [0.3, 0.4) is 0 Å². The molecule has 0 aliphatic heterocycles. The van der Waals surface area contributed by atoms with Gasteiger partial charge in [0.05, 0.1) is 0 Å². The van der Waals surface area contributed by atoms with Gasteiger partial charge in [-0.25, -0.2) is 0 Å². The van der Waals surface area contributed by atoms with Gasteiger partial charge in [0.25, 0.3) is 0 Å². The number of fused-ring (bicyclic) bond motifs is 1. The van der Waals surface area contributed by atoms with Crippen molar-refractivity contribution in [2.45, 2.75) is 52.5 Å². The smallest absolute Gasteiger partial charge is 0.308 e. The van der Waals surface area contributed by atoms with Gasteiger partial charge >= 0.3 is 11.9 Å². The predicted molar refractivity (Wildman–Crippen MR) is 83.2 cm³/mol. The molecule has 0 spiro atoms. The van der Waals surface area contributed by atoms with Gasteiger partial charge in [-0.3, -0.25) is 9.59 Å². The molecule has 0 amide bonds. The van der Waals surface area contributed by atoms with E-state index < -0.39 is 11.9 Å². The summed E-state index contributed by atoms with van der Waals surface area (Å²) in [6.45, 7) is 5.82. The number of hydrogen-bond donors (Lipinski definition) is 1. The normalized spacial score (nSPS) is 16.8. The van der Waals surface area contributed by atoms with Gasteiger partial charge in [0, 0.05) is 19.9 Å². The number of aryl methyl sites for hydroxylation is 1. The zero-order valence-electron chi connectivity index (χ0n) is 13.4. The largest absolute Gasteiger partial charge is 0.423 e. The number of ether oxygens (including phenoxy) is 2. The van der Waals surface area contributed by atoms with E-state index in [0.29, 0.717) is 17.5 Å². The van der Waals surface area contributed by atoms with Crippen LogP contribution in [0.4, 0.5) is 0 Å². The zero-order chi connectivity index (χ0) is 16.1. The first kappa shape index (κ1) is 16.5. The third-order valence-electron chi connectivity index (χ3n) is 3.68. The lowest BCUT2D eigenvalue weighted by Gasteiger charge is -2.26. The summed E-state index contributed by atoms with van der Waals surface area (Å²) in [5.41, 5.74) is 2.30. The summed E-state index contributed by atoms with van der Waals surface area (Å²) < 4.78 is 10.4. The molecule has 1 aromatic carbocycles. The van der Waals surface area contributed by atoms with E-state index in [1.54, 1.807) is 0 Å². The number of nitrogens with one attached hydrogen (secondary N) is 1. The van der Waals surface area contributed by atoms with E-state index in [1.807, 2.05) is 12.1 Å². The molecular weight excluding hydrogens is 282 g/mol. The molecule has 22 heavy (non-hydrogen) atoms. The van der Waals surface area contributed by atoms with Crippen molar-refractivity contribution in [1.29, 1.82) is 0 Å². The quantitative estimate of drug-likeness (QED) is 0.668. The van der Waals surface area contributed by atoms with E-state index in [4.69, 9.17) is 9.47 Å². The average molecular weight is 305 g/mol. The third kappa shape index (κ3) is 4.31. The molecule has 1 aromatic rings. The topological polar surface area (TPSA) is 64.6 Å². The number of carbonyl (C=O) groups excluding carboxylic acids is 2. The highest BCUT2D eigenvalue weighted by atomic mass is 16.6. The van der Waals surface area contributed by atoms with E-state index in [-0.39, 0.29) is 0 Å². The molecule has 2 rings (SSSR count). The fourth-order valence-electron chi connectivity index (χ4n) is 2.76. The van der Waals surface area contributed by atoms with Crippen molar-refractivity contribution in [3.05, 3.63) is 23.3 Å². The summed E-state index contributed by atoms with van der Waals surface area (Å²) in [6, 6.07) is 4.09. The standard InChI is InChI=1S/C17H23NO4/c1-4-7-18-15-6-5-13-9-16(21-11(2)19)17(22-12(3)20)10-14(13)8-15/h9-10,15,18H,4-8H2,1-3H3. The van der Waals surface area contributed by atoms with Gasteiger partial charge in [-0.05, 0) is 55.5 Å². The minimum absolute atomic E-state index is 0.317. The number of rotatable bonds is 5. The van der Waals surface area contributed by atoms with Crippen LogP contribution in [0, 0.1) is 0 Å². The van der Waals surface area contributed by atoms with Gasteiger partial charge in [-0.2, -0.15) is 0 Å². The van der Waals surface area contributed by atoms with Crippen LogP contribution < -0.4 is 14.8 Å². The van der Waals surface area contributed by atoms with E-state index >= 15 is 0 Å². The lowest BCUT2D eigenvalue weighted by molar-refractivity contribution is -0.134. The monoisotopic (exact) mass is 305 g/mol. The van der Waals surface area contributed by atoms with E-state index in [9.17, 15) is 9.59 Å². The Morgan fingerprint density at radius 3 is 2.27 bits per heavy atom. The molecule has 0 saturated carbocycles. The summed E-state index contributed by atoms with van der Waals surface area (Å²) in [4.78, 5) is 22.5. The first-order valence-corrected chi connectivity index (χ1v) is 7.75. The highest BCUT2D eigenvalue weighted by molar-refractivity contribution is 5.74. The number of hydrogen-bond acceptors (Lipinski definition) is 5. The molecule has 5 heteroatoms. The van der Waals surface area contributed by atoms with Crippen LogP contribution >= 0.6 is 0 Å². The van der Waals surface area contributed by atoms with Gasteiger partial charge in [0.1, 0.15) is 0 Å². The molecule has 0 aromatic heterocycles. The average Bonchev–Trinajstić information content (AvgIpc) is 2.44. The minimum atomic E-state index is -0.426. The lowest BCUT2D eigenvalue weighted by Crippen LogP contribution is -2.35. The molecule has 0 fully saturated rings. The van der Waals surface area contributed by atoms with Crippen molar-refractivity contribution < 1.29 is 19.1 Å². The maximum Gasteiger partial charge on any atom is 0.308 e. The highest BCUT2D eigenvalue weighted by Crippen LogP contribution is 2.35. The SMILES string of the molecule is CCCNC1CCc2cc(OC(C)=O)c(OC(C)=O)cc2C1. The fourth-order valence-corrected chi connectivity index (χ4v) is 2.76. The summed E-state index contributed by atoms with van der Waals surface area (Å²) in [6.07, 6.45) is 3.97. The zero-order valence-corrected chi connectivity index (χ0v) is 13.4. The van der Waals surface area contributed by atoms with Gasteiger partial charge in [-0.15, -0.1) is 0 Å². The van der Waals surface area contributed by atoms with Crippen molar-refractivity contribution >= 4 is 11.9 Å². The van der Waals surface area contributed by atoms with Crippen LogP contribution in [0.25, 0.3) is 0 Å². The van der Waals surface area contributed by atoms with E-state index in [1.165, 1.54) is 13.8 Å². The number of carbonyl (C=O) groups is 2. The molecule has 1 aliphatic carbocycles. The minimum Gasteiger partial charge on any atom is -0.423 e. The first-order valence-electron chi connectivity index (χ1n) is 7.75. The van der Waals surface area contributed by atoms with Crippen molar-refractivity contribution in [2.24, 2.45) is 0 Å². The molecule has 120 valence electrons. The maximum atomic E-state index is 11.2. The molecular formula is C17H23NO4. The Balaban J connectivity index is 2.25. The van der Waals surface area contributed by atoms with E-state index in [0.717, 1.165) is 43.4 Å². The Kier molecular flexibility index (Phi) is 5.55. The van der Waals surface area contributed by atoms with Crippen LogP contribution in [0.15, 0.2) is 12.1 Å². The van der Waals surface area contributed by atoms with Crippen LogP contribution in [-0.2, 0) is 22.4 Å². The van der Waals surface area contributed by atoms with Gasteiger partial charge < -0.3 is 14.8 Å². The maximum absolute atomic E-state index is 11.2. The lowest BCUT2D eigenvalue weighted by atomic mass is 9.88. The summed E-state index contributed by atoms with van der Waals surface area (Å²) in [7, 11) is 0. The molecule has 0 bridgehead atoms. The first-order chi connectivity index (χ1) is 10.5. The van der Waals surface area contributed by atoms with E-state index in [2.05, 4.69) is 12.2 Å². The highest BCUT2D eigenvalue weighted by Gasteiger charge is 2.22. The summed E-state index contributed by atoms with van der Waals surface area (Å²) in [5.74, 6) is -0.213. The van der Waals surface area contributed by atoms with Crippen LogP contribution in [-0.4, -0.2) is 24.5 Å². The Hall–Kier alpha value is -1.88. The third-order valence-corrected chi connectivity index (χ3v) is 3.68. The van der Waals surface area contributed by atoms with Gasteiger partial charge in [-0.1, -0.05) is 6.92 Å². The molecule has 0 radical (unpaired) electrons. The van der Waals surface area contributed by atoms with Crippen LogP contribution in [0.2, 0.25) is 0 Å².